The van der Waals surface area contributed by atoms with Crippen LogP contribution in [-0.4, -0.2) is 23.3 Å². The number of nitrogens with one attached hydrogen (secondary N) is 1. The van der Waals surface area contributed by atoms with Gasteiger partial charge in [0.05, 0.1) is 28.0 Å². The number of rotatable bonds is 5. The van der Waals surface area contributed by atoms with Crippen LogP contribution in [0.2, 0.25) is 5.02 Å². The van der Waals surface area contributed by atoms with E-state index in [1.807, 2.05) is 12.3 Å². The van der Waals surface area contributed by atoms with Crippen LogP contribution >= 0.6 is 22.9 Å². The minimum absolute atomic E-state index is 0.0245. The van der Waals surface area contributed by atoms with Gasteiger partial charge in [0.15, 0.2) is 0 Å². The quantitative estimate of drug-likeness (QED) is 0.857. The Kier molecular flexibility index (Phi) is 5.39. The number of hydrogen-bond acceptors (Lipinski definition) is 4. The van der Waals surface area contributed by atoms with Crippen LogP contribution < -0.4 is 10.2 Å². The molecule has 2 heterocycles. The van der Waals surface area contributed by atoms with E-state index in [0.29, 0.717) is 29.2 Å². The van der Waals surface area contributed by atoms with Crippen LogP contribution in [-0.2, 0) is 11.2 Å². The van der Waals surface area contributed by atoms with Gasteiger partial charge in [0.2, 0.25) is 5.91 Å². The van der Waals surface area contributed by atoms with E-state index in [-0.39, 0.29) is 17.9 Å². The fourth-order valence-electron chi connectivity index (χ4n) is 2.86. The molecule has 1 aromatic heterocycles. The number of hydrogen-bond donors (Lipinski definition) is 1. The number of carbonyl (C=O) groups excluding carboxylic acids is 2. The van der Waals surface area contributed by atoms with E-state index in [4.69, 9.17) is 11.6 Å². The number of thiazole rings is 1. The molecule has 7 heteroatoms. The highest BCUT2D eigenvalue weighted by Gasteiger charge is 2.26. The van der Waals surface area contributed by atoms with Crippen LogP contribution in [0, 0.1) is 0 Å². The lowest BCUT2D eigenvalue weighted by Gasteiger charge is -2.21. The van der Waals surface area contributed by atoms with Gasteiger partial charge in [-0.15, -0.1) is 11.3 Å². The van der Waals surface area contributed by atoms with Crippen molar-refractivity contribution in [2.24, 2.45) is 0 Å². The van der Waals surface area contributed by atoms with E-state index in [0.717, 1.165) is 23.5 Å². The molecule has 0 aliphatic carbocycles. The molecule has 3 rings (SSSR count). The lowest BCUT2D eigenvalue weighted by atomic mass is 10.1. The summed E-state index contributed by atoms with van der Waals surface area (Å²) in [5, 5.41) is 6.49. The van der Waals surface area contributed by atoms with Gasteiger partial charge in [-0.1, -0.05) is 18.5 Å². The smallest absolute Gasteiger partial charge is 0.253 e. The van der Waals surface area contributed by atoms with Gasteiger partial charge in [-0.2, -0.15) is 0 Å². The van der Waals surface area contributed by atoms with Crippen molar-refractivity contribution in [3.05, 3.63) is 44.9 Å². The van der Waals surface area contributed by atoms with Gasteiger partial charge in [-0.25, -0.2) is 4.98 Å². The summed E-state index contributed by atoms with van der Waals surface area (Å²) in [6.45, 7) is 4.57. The topological polar surface area (TPSA) is 62.3 Å². The van der Waals surface area contributed by atoms with Crippen LogP contribution in [0.4, 0.5) is 5.69 Å². The van der Waals surface area contributed by atoms with Crippen LogP contribution in [0.1, 0.15) is 53.8 Å². The predicted molar refractivity (Wildman–Crippen MR) is 100 cm³/mol. The maximum atomic E-state index is 12.8. The first kappa shape index (κ1) is 17.9. The molecule has 132 valence electrons. The Balaban J connectivity index is 1.83. The Morgan fingerprint density at radius 3 is 2.92 bits per heavy atom. The number of anilines is 1. The average Bonchev–Trinajstić information content (AvgIpc) is 3.23. The number of aromatic nitrogens is 1. The van der Waals surface area contributed by atoms with Crippen molar-refractivity contribution < 1.29 is 9.59 Å². The molecular formula is C18H20ClN3O2S. The van der Waals surface area contributed by atoms with Gasteiger partial charge < -0.3 is 10.2 Å². The summed E-state index contributed by atoms with van der Waals surface area (Å²) in [6, 6.07) is 4.82. The average molecular weight is 378 g/mol. The zero-order valence-corrected chi connectivity index (χ0v) is 15.8. The zero-order valence-electron chi connectivity index (χ0n) is 14.2. The van der Waals surface area contributed by atoms with Crippen molar-refractivity contribution in [3.63, 3.8) is 0 Å². The highest BCUT2D eigenvalue weighted by Crippen LogP contribution is 2.29. The number of carbonyl (C=O) groups is 2. The second-order valence-corrected chi connectivity index (χ2v) is 7.40. The normalized spacial score (nSPS) is 15.5. The SMILES string of the molecule is CCc1nc(C(C)NC(=O)c2ccc(Cl)cc2N2CCCC2=O)cs1. The van der Waals surface area contributed by atoms with E-state index in [9.17, 15) is 9.59 Å². The molecule has 0 bridgehead atoms. The molecule has 1 fully saturated rings. The molecule has 2 amide bonds. The molecule has 0 spiro atoms. The van der Waals surface area contributed by atoms with Gasteiger partial charge in [-0.3, -0.25) is 9.59 Å². The Bertz CT molecular complexity index is 805. The van der Waals surface area contributed by atoms with Crippen LogP contribution in [0.15, 0.2) is 23.6 Å². The monoisotopic (exact) mass is 377 g/mol. The number of aryl methyl sites for hydroxylation is 1. The number of halogens is 1. The predicted octanol–water partition coefficient (Wildman–Crippen LogP) is 3.98. The van der Waals surface area contributed by atoms with Crippen LogP contribution in [0.3, 0.4) is 0 Å². The Hall–Kier alpha value is -1.92. The van der Waals surface area contributed by atoms with Crippen molar-refractivity contribution in [2.45, 2.75) is 39.2 Å². The van der Waals surface area contributed by atoms with Gasteiger partial charge >= 0.3 is 0 Å². The third-order valence-electron chi connectivity index (χ3n) is 4.23. The number of benzene rings is 1. The Labute approximate surface area is 156 Å². The van der Waals surface area contributed by atoms with Crippen molar-refractivity contribution in [1.29, 1.82) is 0 Å². The Morgan fingerprint density at radius 2 is 2.28 bits per heavy atom. The number of nitrogens with zero attached hydrogens (tertiary/aromatic N) is 2. The van der Waals surface area contributed by atoms with E-state index in [1.165, 1.54) is 0 Å². The van der Waals surface area contributed by atoms with Gasteiger partial charge in [0, 0.05) is 23.4 Å². The summed E-state index contributed by atoms with van der Waals surface area (Å²) in [5.74, 6) is -0.207. The largest absolute Gasteiger partial charge is 0.344 e. The van der Waals surface area contributed by atoms with E-state index in [1.54, 1.807) is 34.4 Å². The standard InChI is InChI=1S/C18H20ClN3O2S/c1-3-16-21-14(10-25-16)11(2)20-18(24)13-7-6-12(19)9-15(13)22-8-4-5-17(22)23/h6-7,9-11H,3-5,8H2,1-2H3,(H,20,24). The highest BCUT2D eigenvalue weighted by atomic mass is 35.5. The van der Waals surface area contributed by atoms with E-state index < -0.39 is 0 Å². The van der Waals surface area contributed by atoms with Gasteiger partial charge in [0.25, 0.3) is 5.91 Å². The van der Waals surface area contributed by atoms with Crippen molar-refractivity contribution >= 4 is 40.4 Å². The van der Waals surface area contributed by atoms with Gasteiger partial charge in [-0.05, 0) is 38.0 Å². The summed E-state index contributed by atoms with van der Waals surface area (Å²) in [4.78, 5) is 31.0. The molecule has 1 atom stereocenters. The molecule has 5 nitrogen and oxygen atoms in total. The molecule has 2 aromatic rings. The molecule has 1 unspecified atom stereocenters. The maximum absolute atomic E-state index is 12.8. The van der Waals surface area contributed by atoms with E-state index >= 15 is 0 Å². The fourth-order valence-corrected chi connectivity index (χ4v) is 3.86. The summed E-state index contributed by atoms with van der Waals surface area (Å²) in [6.07, 6.45) is 2.17. The lowest BCUT2D eigenvalue weighted by molar-refractivity contribution is -0.117. The minimum atomic E-state index is -0.232. The summed E-state index contributed by atoms with van der Waals surface area (Å²) >= 11 is 7.68. The summed E-state index contributed by atoms with van der Waals surface area (Å²) in [5.41, 5.74) is 1.88. The fraction of sp³-hybridized carbons (Fsp3) is 0.389. The third-order valence-corrected chi connectivity index (χ3v) is 5.48. The van der Waals surface area contributed by atoms with Crippen molar-refractivity contribution in [1.82, 2.24) is 10.3 Å². The molecular weight excluding hydrogens is 358 g/mol. The first-order valence-electron chi connectivity index (χ1n) is 8.34. The molecule has 1 aromatic carbocycles. The first-order valence-corrected chi connectivity index (χ1v) is 9.60. The van der Waals surface area contributed by atoms with Gasteiger partial charge in [0.1, 0.15) is 0 Å². The molecule has 1 aliphatic rings. The molecule has 0 radical (unpaired) electrons. The van der Waals surface area contributed by atoms with Crippen LogP contribution in [0.25, 0.3) is 0 Å². The molecule has 0 saturated carbocycles. The Morgan fingerprint density at radius 1 is 1.48 bits per heavy atom. The maximum Gasteiger partial charge on any atom is 0.253 e. The second kappa shape index (κ2) is 7.54. The molecule has 1 aliphatic heterocycles. The second-order valence-electron chi connectivity index (χ2n) is 6.03. The third kappa shape index (κ3) is 3.85. The molecule has 25 heavy (non-hydrogen) atoms. The molecule has 1 saturated heterocycles. The molecule has 1 N–H and O–H groups in total. The number of amides is 2. The lowest BCUT2D eigenvalue weighted by Crippen LogP contribution is -2.31. The minimum Gasteiger partial charge on any atom is -0.344 e. The van der Waals surface area contributed by atoms with E-state index in [2.05, 4.69) is 17.2 Å². The zero-order chi connectivity index (χ0) is 18.0. The summed E-state index contributed by atoms with van der Waals surface area (Å²) < 4.78 is 0. The van der Waals surface area contributed by atoms with Crippen molar-refractivity contribution in [2.75, 3.05) is 11.4 Å². The highest BCUT2D eigenvalue weighted by molar-refractivity contribution is 7.09. The summed E-state index contributed by atoms with van der Waals surface area (Å²) in [7, 11) is 0. The first-order chi connectivity index (χ1) is 12.0. The van der Waals surface area contributed by atoms with Crippen LogP contribution in [0.5, 0.6) is 0 Å². The van der Waals surface area contributed by atoms with Crippen molar-refractivity contribution in [3.8, 4) is 0 Å².